The van der Waals surface area contributed by atoms with Crippen molar-refractivity contribution in [3.63, 3.8) is 0 Å². The zero-order chi connectivity index (χ0) is 28.2. The van der Waals surface area contributed by atoms with Crippen LogP contribution < -0.4 is 0 Å². The first-order valence-electron chi connectivity index (χ1n) is 12.4. The van der Waals surface area contributed by atoms with Crippen molar-refractivity contribution in [2.24, 2.45) is 0 Å². The number of hydrogen-bond acceptors (Lipinski definition) is 6. The molecule has 0 atom stereocenters. The first-order chi connectivity index (χ1) is 14.2. The molecule has 0 radical (unpaired) electrons. The summed E-state index contributed by atoms with van der Waals surface area (Å²) in [6.45, 7) is 41.4. The third-order valence-corrected chi connectivity index (χ3v) is 19.5. The van der Waals surface area contributed by atoms with Crippen LogP contribution in [0, 0.1) is 0 Å². The van der Waals surface area contributed by atoms with Crippen molar-refractivity contribution in [2.75, 3.05) is 0 Å². The molecule has 0 heterocycles. The normalized spacial score (nSPS) is 15.3. The predicted molar refractivity (Wildman–Crippen MR) is 171 cm³/mol. The van der Waals surface area contributed by atoms with Crippen molar-refractivity contribution in [3.8, 4) is 0 Å². The van der Waals surface area contributed by atoms with E-state index in [4.69, 9.17) is 25.6 Å². The van der Waals surface area contributed by atoms with Gasteiger partial charge in [0.25, 0.3) is 0 Å². The monoisotopic (exact) mass is 620 g/mol. The van der Waals surface area contributed by atoms with Crippen LogP contribution in [0.2, 0.25) is 124 Å². The van der Waals surface area contributed by atoms with Gasteiger partial charge in [-0.1, -0.05) is 0 Å². The SMILES string of the molecule is C[Si](C)(C)OC([SiH3])(O[Si](C)(C)C)O[Si](C)(C)C.C[Si](C)(C)O[Si](C)(O[Si](C)(C)C)O[Si](C)(C)C. The molecule has 6 nitrogen and oxygen atoms in total. The van der Waals surface area contributed by atoms with Crippen LogP contribution in [0.25, 0.3) is 0 Å². The van der Waals surface area contributed by atoms with Crippen molar-refractivity contribution in [2.45, 2.75) is 130 Å². The van der Waals surface area contributed by atoms with Crippen molar-refractivity contribution < 1.29 is 25.6 Å². The van der Waals surface area contributed by atoms with E-state index in [2.05, 4.69) is 124 Å². The van der Waals surface area contributed by atoms with E-state index >= 15 is 0 Å². The molecule has 0 aliphatic heterocycles. The van der Waals surface area contributed by atoms with Crippen molar-refractivity contribution >= 4 is 69.0 Å². The molecular formula is C20H60O6Si8. The summed E-state index contributed by atoms with van der Waals surface area (Å²) in [4.78, 5) is 0. The highest BCUT2D eigenvalue weighted by Crippen LogP contribution is 2.27. The van der Waals surface area contributed by atoms with Gasteiger partial charge in [0, 0.05) is 6.55 Å². The Morgan fingerprint density at radius 2 is 0.529 bits per heavy atom. The minimum absolute atomic E-state index is 0.723. The summed E-state index contributed by atoms with van der Waals surface area (Å²) in [7, 11) is -11.6. The standard InChI is InChI=1S/2C10H30O3Si4/c1-14(2,3)11-17(10,12-15(4,5)6)13-16(7,8)9;1-15(2,3)11-10(14,12-16(4,5)6)13-17(7,8)9/h1-10H3;1-9,14H3. The number of rotatable bonds is 12. The lowest BCUT2D eigenvalue weighted by Gasteiger charge is -2.43. The topological polar surface area (TPSA) is 55.4 Å². The third-order valence-electron chi connectivity index (χ3n) is 2.95. The molecule has 0 spiro atoms. The van der Waals surface area contributed by atoms with Gasteiger partial charge >= 0.3 is 8.80 Å². The highest BCUT2D eigenvalue weighted by molar-refractivity contribution is 6.89. The van der Waals surface area contributed by atoms with Gasteiger partial charge in [-0.25, -0.2) is 0 Å². The first kappa shape index (κ1) is 37.6. The van der Waals surface area contributed by atoms with Crippen LogP contribution in [0.1, 0.15) is 0 Å². The fraction of sp³-hybridized carbons (Fsp3) is 1.00. The average molecular weight is 621 g/mol. The Hall–Kier alpha value is 1.50. The summed E-state index contributed by atoms with van der Waals surface area (Å²) >= 11 is 0. The molecule has 0 fully saturated rings. The van der Waals surface area contributed by atoms with E-state index in [1.807, 2.05) is 0 Å². The lowest BCUT2D eigenvalue weighted by atomic mass is 11.3. The van der Waals surface area contributed by atoms with Crippen LogP contribution in [-0.2, 0) is 25.6 Å². The Labute approximate surface area is 223 Å². The summed E-state index contributed by atoms with van der Waals surface area (Å²) in [6, 6.07) is 0. The van der Waals surface area contributed by atoms with E-state index in [1.165, 1.54) is 0 Å². The predicted octanol–water partition coefficient (Wildman–Crippen LogP) is 6.63. The third kappa shape index (κ3) is 25.2. The summed E-state index contributed by atoms with van der Waals surface area (Å²) in [5, 5.41) is 0. The smallest absolute Gasteiger partial charge is 0.417 e. The van der Waals surface area contributed by atoms with Gasteiger partial charge in [-0.2, -0.15) is 0 Å². The lowest BCUT2D eigenvalue weighted by Crippen LogP contribution is -2.58. The average Bonchev–Trinajstić information content (AvgIpc) is 2.20. The second-order valence-electron chi connectivity index (χ2n) is 15.0. The quantitative estimate of drug-likeness (QED) is 0.180. The van der Waals surface area contributed by atoms with Gasteiger partial charge in [-0.05, 0) is 118 Å². The van der Waals surface area contributed by atoms with Crippen LogP contribution in [0.15, 0.2) is 0 Å². The molecule has 0 bridgehead atoms. The molecule has 0 aromatic heterocycles. The Balaban J connectivity index is 0. The largest absolute Gasteiger partial charge is 0.466 e. The summed E-state index contributed by atoms with van der Waals surface area (Å²) in [5.41, 5.74) is -0.723. The maximum Gasteiger partial charge on any atom is 0.466 e. The minimum Gasteiger partial charge on any atom is -0.417 e. The molecule has 0 aliphatic carbocycles. The molecular weight excluding hydrogens is 561 g/mol. The van der Waals surface area contributed by atoms with Crippen LogP contribution >= 0.6 is 0 Å². The molecule has 0 unspecified atom stereocenters. The van der Waals surface area contributed by atoms with Gasteiger partial charge in [-0.15, -0.1) is 0 Å². The van der Waals surface area contributed by atoms with E-state index in [-0.39, 0.29) is 0 Å². The van der Waals surface area contributed by atoms with Crippen molar-refractivity contribution in [3.05, 3.63) is 0 Å². The highest BCUT2D eigenvalue weighted by Gasteiger charge is 2.45. The Morgan fingerprint density at radius 1 is 0.353 bits per heavy atom. The summed E-state index contributed by atoms with van der Waals surface area (Å²) in [6.07, 6.45) is 0. The zero-order valence-electron chi connectivity index (χ0n) is 26.4. The molecule has 14 heteroatoms. The summed E-state index contributed by atoms with van der Waals surface area (Å²) < 4.78 is 37.4. The van der Waals surface area contributed by atoms with Gasteiger partial charge in [0.05, 0.1) is 0 Å². The Kier molecular flexibility index (Phi) is 13.9. The van der Waals surface area contributed by atoms with E-state index in [1.54, 1.807) is 0 Å². The molecule has 0 aromatic carbocycles. The molecule has 0 N–H and O–H groups in total. The second kappa shape index (κ2) is 12.6. The fourth-order valence-electron chi connectivity index (χ4n) is 3.46. The lowest BCUT2D eigenvalue weighted by molar-refractivity contribution is -0.201. The first-order valence-corrected chi connectivity index (χ1v) is 36.1. The van der Waals surface area contributed by atoms with Gasteiger partial charge in [-0.3, -0.25) is 0 Å². The van der Waals surface area contributed by atoms with E-state index < -0.39 is 64.3 Å². The molecule has 0 aromatic rings. The van der Waals surface area contributed by atoms with Gasteiger partial charge in [0.2, 0.25) is 5.60 Å². The van der Waals surface area contributed by atoms with Crippen molar-refractivity contribution in [1.82, 2.24) is 0 Å². The van der Waals surface area contributed by atoms with Crippen LogP contribution in [0.5, 0.6) is 0 Å². The van der Waals surface area contributed by atoms with E-state index in [0.717, 1.165) is 10.2 Å². The van der Waals surface area contributed by atoms with Crippen LogP contribution in [0.3, 0.4) is 0 Å². The van der Waals surface area contributed by atoms with E-state index in [0.29, 0.717) is 0 Å². The maximum atomic E-state index is 6.28. The van der Waals surface area contributed by atoms with Gasteiger partial charge in [0.1, 0.15) is 10.2 Å². The molecule has 34 heavy (non-hydrogen) atoms. The van der Waals surface area contributed by atoms with Gasteiger partial charge in [0.15, 0.2) is 49.9 Å². The molecule has 0 aliphatic rings. The van der Waals surface area contributed by atoms with Gasteiger partial charge < -0.3 is 25.6 Å². The molecule has 0 saturated carbocycles. The van der Waals surface area contributed by atoms with Crippen LogP contribution in [0.4, 0.5) is 0 Å². The Morgan fingerprint density at radius 3 is 0.647 bits per heavy atom. The number of hydrogen-bond donors (Lipinski definition) is 0. The molecule has 0 amide bonds. The Bertz CT molecular complexity index is 472. The fourth-order valence-corrected chi connectivity index (χ4v) is 27.8. The van der Waals surface area contributed by atoms with Crippen molar-refractivity contribution in [1.29, 1.82) is 0 Å². The minimum atomic E-state index is -2.47. The molecule has 0 saturated heterocycles. The molecule has 0 rings (SSSR count). The highest BCUT2D eigenvalue weighted by atomic mass is 28.5. The van der Waals surface area contributed by atoms with Crippen LogP contribution in [-0.4, -0.2) is 74.5 Å². The maximum absolute atomic E-state index is 6.28. The second-order valence-corrected chi connectivity index (χ2v) is 46.4. The summed E-state index contributed by atoms with van der Waals surface area (Å²) in [5.74, 6) is 0. The zero-order valence-corrected chi connectivity index (χ0v) is 35.4. The molecule has 208 valence electrons. The van der Waals surface area contributed by atoms with E-state index in [9.17, 15) is 0 Å².